The van der Waals surface area contributed by atoms with E-state index in [9.17, 15) is 0 Å². The Labute approximate surface area is 179 Å². The first-order valence-corrected chi connectivity index (χ1v) is 11.2. The van der Waals surface area contributed by atoms with Crippen LogP contribution in [0.15, 0.2) is 30.5 Å². The molecule has 0 bridgehead atoms. The van der Waals surface area contributed by atoms with Crippen molar-refractivity contribution in [2.75, 3.05) is 18.5 Å². The second-order valence-electron chi connectivity index (χ2n) is 8.81. The summed E-state index contributed by atoms with van der Waals surface area (Å²) in [7, 11) is 0. The third-order valence-electron chi connectivity index (χ3n) is 5.81. The van der Waals surface area contributed by atoms with Gasteiger partial charge in [-0.25, -0.2) is 4.98 Å². The van der Waals surface area contributed by atoms with Crippen LogP contribution in [0.4, 0.5) is 5.95 Å². The minimum absolute atomic E-state index is 0.0329. The van der Waals surface area contributed by atoms with Crippen molar-refractivity contribution >= 4 is 5.95 Å². The molecule has 30 heavy (non-hydrogen) atoms. The molecular formula is C24H33N3O3. The van der Waals surface area contributed by atoms with E-state index in [1.54, 1.807) is 0 Å². The summed E-state index contributed by atoms with van der Waals surface area (Å²) in [4.78, 5) is 9.37. The molecule has 2 aliphatic rings. The molecule has 1 atom stereocenters. The van der Waals surface area contributed by atoms with Crippen molar-refractivity contribution in [1.82, 2.24) is 9.97 Å². The first-order valence-electron chi connectivity index (χ1n) is 11.2. The lowest BCUT2D eigenvalue weighted by atomic mass is 9.87. The van der Waals surface area contributed by atoms with E-state index in [2.05, 4.69) is 17.2 Å². The zero-order chi connectivity index (χ0) is 20.9. The van der Waals surface area contributed by atoms with Crippen LogP contribution in [0.2, 0.25) is 0 Å². The maximum Gasteiger partial charge on any atom is 0.226 e. The van der Waals surface area contributed by atoms with Crippen LogP contribution in [-0.2, 0) is 4.74 Å². The van der Waals surface area contributed by atoms with Crippen LogP contribution in [0.5, 0.6) is 11.6 Å². The SMILES string of the molecule is CC(C)Oc1ccc(-c2cnc(N[C@H]3CC[C@H](C)CC3)nc2O[C@@H]2CCOC2)cc1. The van der Waals surface area contributed by atoms with Gasteiger partial charge in [0.2, 0.25) is 11.8 Å². The highest BCUT2D eigenvalue weighted by Crippen LogP contribution is 2.32. The molecule has 6 heteroatoms. The molecule has 4 rings (SSSR count). The van der Waals surface area contributed by atoms with Gasteiger partial charge in [0.05, 0.1) is 24.9 Å². The molecule has 1 aliphatic carbocycles. The van der Waals surface area contributed by atoms with Crippen LogP contribution in [0.3, 0.4) is 0 Å². The van der Waals surface area contributed by atoms with Crippen molar-refractivity contribution in [1.29, 1.82) is 0 Å². The first-order chi connectivity index (χ1) is 14.6. The predicted octanol–water partition coefficient (Wildman–Crippen LogP) is 5.09. The number of ether oxygens (including phenoxy) is 3. The number of nitrogens with one attached hydrogen (secondary N) is 1. The molecule has 1 aromatic heterocycles. The topological polar surface area (TPSA) is 65.5 Å². The van der Waals surface area contributed by atoms with Gasteiger partial charge in [-0.2, -0.15) is 4.98 Å². The average molecular weight is 412 g/mol. The Morgan fingerprint density at radius 2 is 1.83 bits per heavy atom. The molecular weight excluding hydrogens is 378 g/mol. The van der Waals surface area contributed by atoms with Crippen molar-refractivity contribution in [3.8, 4) is 22.8 Å². The molecule has 0 unspecified atom stereocenters. The predicted molar refractivity (Wildman–Crippen MR) is 118 cm³/mol. The Hall–Kier alpha value is -2.34. The summed E-state index contributed by atoms with van der Waals surface area (Å²) in [6, 6.07) is 8.45. The van der Waals surface area contributed by atoms with Crippen LogP contribution in [-0.4, -0.2) is 41.4 Å². The van der Waals surface area contributed by atoms with Gasteiger partial charge in [-0.15, -0.1) is 0 Å². The molecule has 1 aromatic carbocycles. The molecule has 1 saturated heterocycles. The number of aromatic nitrogens is 2. The summed E-state index contributed by atoms with van der Waals surface area (Å²) in [6.07, 6.45) is 7.76. The van der Waals surface area contributed by atoms with Crippen LogP contribution >= 0.6 is 0 Å². The lowest BCUT2D eigenvalue weighted by molar-refractivity contribution is 0.138. The number of hydrogen-bond acceptors (Lipinski definition) is 6. The largest absolute Gasteiger partial charge is 0.491 e. The van der Waals surface area contributed by atoms with Gasteiger partial charge in [-0.05, 0) is 63.1 Å². The van der Waals surface area contributed by atoms with Gasteiger partial charge in [-0.1, -0.05) is 19.1 Å². The van der Waals surface area contributed by atoms with Gasteiger partial charge in [0.1, 0.15) is 11.9 Å². The average Bonchev–Trinajstić information content (AvgIpc) is 3.23. The van der Waals surface area contributed by atoms with E-state index in [4.69, 9.17) is 19.2 Å². The number of rotatable bonds is 7. The zero-order valence-electron chi connectivity index (χ0n) is 18.3. The molecule has 6 nitrogen and oxygen atoms in total. The highest BCUT2D eigenvalue weighted by molar-refractivity contribution is 5.69. The van der Waals surface area contributed by atoms with Gasteiger partial charge in [-0.3, -0.25) is 0 Å². The minimum Gasteiger partial charge on any atom is -0.491 e. The normalized spacial score (nSPS) is 24.1. The van der Waals surface area contributed by atoms with E-state index in [-0.39, 0.29) is 12.2 Å². The molecule has 2 heterocycles. The molecule has 2 aromatic rings. The summed E-state index contributed by atoms with van der Waals surface area (Å²) in [6.45, 7) is 7.71. The van der Waals surface area contributed by atoms with Crippen LogP contribution in [0.25, 0.3) is 11.1 Å². The molecule has 2 fully saturated rings. The van der Waals surface area contributed by atoms with E-state index >= 15 is 0 Å². The van der Waals surface area contributed by atoms with Crippen LogP contribution in [0, 0.1) is 5.92 Å². The Kier molecular flexibility index (Phi) is 6.72. The lowest BCUT2D eigenvalue weighted by Gasteiger charge is -2.27. The summed E-state index contributed by atoms with van der Waals surface area (Å²) < 4.78 is 17.5. The van der Waals surface area contributed by atoms with Crippen molar-refractivity contribution in [2.24, 2.45) is 5.92 Å². The van der Waals surface area contributed by atoms with E-state index in [0.717, 1.165) is 48.7 Å². The van der Waals surface area contributed by atoms with Gasteiger partial charge in [0, 0.05) is 18.7 Å². The second kappa shape index (κ2) is 9.65. The van der Waals surface area contributed by atoms with Crippen molar-refractivity contribution in [3.63, 3.8) is 0 Å². The highest BCUT2D eigenvalue weighted by atomic mass is 16.5. The maximum absolute atomic E-state index is 6.26. The molecule has 1 N–H and O–H groups in total. The zero-order valence-corrected chi connectivity index (χ0v) is 18.3. The fourth-order valence-corrected chi connectivity index (χ4v) is 4.06. The number of anilines is 1. The standard InChI is InChI=1S/C24H33N3O3/c1-16(2)29-20-10-6-18(7-11-20)22-14-25-24(26-19-8-4-17(3)5-9-19)27-23(22)30-21-12-13-28-15-21/h6-7,10-11,14,16-17,19,21H,4-5,8-9,12-13,15H2,1-3H3,(H,25,26,27)/t17-,19-,21-/m1/s1. The third-order valence-corrected chi connectivity index (χ3v) is 5.81. The van der Waals surface area contributed by atoms with Gasteiger partial charge >= 0.3 is 0 Å². The monoisotopic (exact) mass is 411 g/mol. The summed E-state index contributed by atoms with van der Waals surface area (Å²) in [5.41, 5.74) is 1.90. The number of nitrogens with zero attached hydrogens (tertiary/aromatic N) is 2. The third kappa shape index (κ3) is 5.42. The Morgan fingerprint density at radius 3 is 2.50 bits per heavy atom. The molecule has 1 aliphatic heterocycles. The molecule has 1 saturated carbocycles. The molecule has 0 radical (unpaired) electrons. The van der Waals surface area contributed by atoms with E-state index in [0.29, 0.717) is 24.5 Å². The Balaban J connectivity index is 1.55. The summed E-state index contributed by atoms with van der Waals surface area (Å²) in [5, 5.41) is 3.52. The lowest BCUT2D eigenvalue weighted by Crippen LogP contribution is -2.26. The highest BCUT2D eigenvalue weighted by Gasteiger charge is 2.23. The first kappa shape index (κ1) is 20.9. The van der Waals surface area contributed by atoms with Crippen molar-refractivity contribution in [3.05, 3.63) is 30.5 Å². The van der Waals surface area contributed by atoms with Gasteiger partial charge < -0.3 is 19.5 Å². The van der Waals surface area contributed by atoms with E-state index < -0.39 is 0 Å². The maximum atomic E-state index is 6.26. The van der Waals surface area contributed by atoms with E-state index in [1.165, 1.54) is 12.8 Å². The second-order valence-corrected chi connectivity index (χ2v) is 8.81. The van der Waals surface area contributed by atoms with Crippen LogP contribution in [0.1, 0.15) is 52.9 Å². The Bertz CT molecular complexity index is 811. The van der Waals surface area contributed by atoms with Gasteiger partial charge in [0.25, 0.3) is 0 Å². The van der Waals surface area contributed by atoms with Gasteiger partial charge in [0.15, 0.2) is 0 Å². The quantitative estimate of drug-likeness (QED) is 0.685. The summed E-state index contributed by atoms with van der Waals surface area (Å²) in [5.74, 6) is 2.93. The van der Waals surface area contributed by atoms with Crippen molar-refractivity contribution in [2.45, 2.75) is 71.1 Å². The van der Waals surface area contributed by atoms with Crippen LogP contribution < -0.4 is 14.8 Å². The number of benzene rings is 1. The van der Waals surface area contributed by atoms with E-state index in [1.807, 2.05) is 44.3 Å². The fraction of sp³-hybridized carbons (Fsp3) is 0.583. The fourth-order valence-electron chi connectivity index (χ4n) is 4.06. The molecule has 162 valence electrons. The van der Waals surface area contributed by atoms with Crippen molar-refractivity contribution < 1.29 is 14.2 Å². The molecule has 0 spiro atoms. The minimum atomic E-state index is 0.0329. The Morgan fingerprint density at radius 1 is 1.07 bits per heavy atom. The number of hydrogen-bond donors (Lipinski definition) is 1. The summed E-state index contributed by atoms with van der Waals surface area (Å²) >= 11 is 0. The smallest absolute Gasteiger partial charge is 0.226 e. The molecule has 0 amide bonds.